The zero-order valence-electron chi connectivity index (χ0n) is 19.9. The zero-order valence-corrected chi connectivity index (χ0v) is 19.9. The third kappa shape index (κ3) is 4.70. The molecule has 2 atom stereocenters. The molecule has 1 aliphatic carbocycles. The molecule has 0 unspecified atom stereocenters. The Balaban J connectivity index is 1.22. The third-order valence-electron chi connectivity index (χ3n) is 6.81. The van der Waals surface area contributed by atoms with Crippen LogP contribution in [0.15, 0.2) is 35.2 Å². The van der Waals surface area contributed by atoms with E-state index in [4.69, 9.17) is 14.0 Å². The molecule has 0 bridgehead atoms. The van der Waals surface area contributed by atoms with Gasteiger partial charge in [0.1, 0.15) is 23.3 Å². The van der Waals surface area contributed by atoms with E-state index in [-0.39, 0.29) is 31.1 Å². The number of halogens is 3. The lowest BCUT2D eigenvalue weighted by Gasteiger charge is -2.30. The lowest BCUT2D eigenvalue weighted by molar-refractivity contribution is -0.142. The van der Waals surface area contributed by atoms with Gasteiger partial charge in [-0.05, 0) is 38.3 Å². The van der Waals surface area contributed by atoms with E-state index in [1.165, 1.54) is 0 Å². The summed E-state index contributed by atoms with van der Waals surface area (Å²) in [6, 6.07) is 3.81. The summed E-state index contributed by atoms with van der Waals surface area (Å²) in [4.78, 5) is 8.01. The number of nitrogens with zero attached hydrogens (tertiary/aromatic N) is 6. The van der Waals surface area contributed by atoms with Gasteiger partial charge in [0, 0.05) is 35.5 Å². The maximum atomic E-state index is 13.5. The highest BCUT2D eigenvalue weighted by atomic mass is 19.4. The van der Waals surface area contributed by atoms with Crippen molar-refractivity contribution in [3.8, 4) is 17.0 Å². The van der Waals surface area contributed by atoms with Gasteiger partial charge in [-0.25, -0.2) is 4.98 Å². The van der Waals surface area contributed by atoms with E-state index < -0.39 is 23.7 Å². The van der Waals surface area contributed by atoms with E-state index in [1.54, 1.807) is 6.20 Å². The Morgan fingerprint density at radius 1 is 1.14 bits per heavy atom. The van der Waals surface area contributed by atoms with Crippen LogP contribution in [-0.2, 0) is 10.9 Å². The molecule has 1 saturated heterocycles. The largest absolute Gasteiger partial charge is 0.469 e. The summed E-state index contributed by atoms with van der Waals surface area (Å²) in [6.45, 7) is 2.33. The maximum absolute atomic E-state index is 13.5. The predicted octanol–water partition coefficient (Wildman–Crippen LogP) is 4.42. The van der Waals surface area contributed by atoms with Crippen LogP contribution in [0, 0.1) is 6.92 Å². The monoisotopic (exact) mass is 515 g/mol. The minimum atomic E-state index is -4.62. The molecular formula is C24H24F3N7O3. The van der Waals surface area contributed by atoms with Crippen molar-refractivity contribution in [2.24, 2.45) is 0 Å². The third-order valence-corrected chi connectivity index (χ3v) is 6.81. The summed E-state index contributed by atoms with van der Waals surface area (Å²) in [6.07, 6.45) is 2.72. The van der Waals surface area contributed by atoms with E-state index in [0.29, 0.717) is 6.42 Å². The fourth-order valence-corrected chi connectivity index (χ4v) is 4.82. The first-order valence-electron chi connectivity index (χ1n) is 12.1. The number of ether oxygens (including phenoxy) is 2. The van der Waals surface area contributed by atoms with Crippen molar-refractivity contribution in [2.75, 3.05) is 18.5 Å². The number of pyridine rings is 1. The molecule has 0 amide bonds. The molecule has 37 heavy (non-hydrogen) atoms. The fraction of sp³-hybridized carbons (Fsp3) is 0.458. The van der Waals surface area contributed by atoms with Crippen molar-refractivity contribution in [3.05, 3.63) is 47.9 Å². The van der Waals surface area contributed by atoms with Crippen molar-refractivity contribution in [1.82, 2.24) is 29.7 Å². The van der Waals surface area contributed by atoms with Crippen LogP contribution in [-0.4, -0.2) is 55.1 Å². The zero-order chi connectivity index (χ0) is 25.6. The number of aryl methyl sites for hydroxylation is 1. The summed E-state index contributed by atoms with van der Waals surface area (Å²) in [5.74, 6) is 1.27. The molecule has 194 valence electrons. The first kappa shape index (κ1) is 23.6. The van der Waals surface area contributed by atoms with Crippen molar-refractivity contribution in [1.29, 1.82) is 0 Å². The van der Waals surface area contributed by atoms with E-state index >= 15 is 0 Å². The molecular weight excluding hydrogens is 491 g/mol. The molecule has 1 saturated carbocycles. The molecule has 2 fully saturated rings. The average Bonchev–Trinajstić information content (AvgIpc) is 3.46. The summed E-state index contributed by atoms with van der Waals surface area (Å²) < 4.78 is 58.0. The van der Waals surface area contributed by atoms with Gasteiger partial charge in [0.25, 0.3) is 0 Å². The van der Waals surface area contributed by atoms with Gasteiger partial charge >= 0.3 is 6.18 Å². The highest BCUT2D eigenvalue weighted by molar-refractivity contribution is 5.65. The Kier molecular flexibility index (Phi) is 5.94. The van der Waals surface area contributed by atoms with Gasteiger partial charge < -0.3 is 19.3 Å². The van der Waals surface area contributed by atoms with Gasteiger partial charge in [-0.3, -0.25) is 4.40 Å². The first-order valence-corrected chi connectivity index (χ1v) is 12.1. The Morgan fingerprint density at radius 3 is 2.73 bits per heavy atom. The summed E-state index contributed by atoms with van der Waals surface area (Å²) in [7, 11) is 0. The average molecular weight is 515 g/mol. The van der Waals surface area contributed by atoms with Gasteiger partial charge in [0.15, 0.2) is 5.65 Å². The number of hydrogen-bond acceptors (Lipinski definition) is 9. The number of aromatic nitrogens is 6. The number of fused-ring (bicyclic) bond motifs is 1. The SMILES string of the molecule is Cc1oncc1-c1ccc2nnc([C@H]3CCC[C@@H](Nc4ncc(C(F)(F)F)c(OC5COC5)n4)C3)n2c1. The molecule has 1 aliphatic heterocycles. The second kappa shape index (κ2) is 9.29. The van der Waals surface area contributed by atoms with Gasteiger partial charge in [0.05, 0.1) is 19.4 Å². The molecule has 13 heteroatoms. The number of hydrogen-bond donors (Lipinski definition) is 1. The summed E-state index contributed by atoms with van der Waals surface area (Å²) in [5, 5.41) is 15.9. The predicted molar refractivity (Wildman–Crippen MR) is 124 cm³/mol. The molecule has 5 heterocycles. The van der Waals surface area contributed by atoms with E-state index in [0.717, 1.165) is 53.8 Å². The molecule has 0 aromatic carbocycles. The number of alkyl halides is 3. The molecule has 0 spiro atoms. The molecule has 6 rings (SSSR count). The second-order valence-corrected chi connectivity index (χ2v) is 9.39. The molecule has 4 aromatic heterocycles. The van der Waals surface area contributed by atoms with E-state index in [1.807, 2.05) is 29.7 Å². The van der Waals surface area contributed by atoms with Crippen molar-refractivity contribution >= 4 is 11.6 Å². The van der Waals surface area contributed by atoms with Crippen LogP contribution in [0.3, 0.4) is 0 Å². The summed E-state index contributed by atoms with van der Waals surface area (Å²) in [5.41, 5.74) is 1.58. The molecule has 2 aliphatic rings. The maximum Gasteiger partial charge on any atom is 0.423 e. The number of anilines is 1. The van der Waals surface area contributed by atoms with Crippen molar-refractivity contribution in [2.45, 2.75) is 56.8 Å². The van der Waals surface area contributed by atoms with Gasteiger partial charge in [-0.15, -0.1) is 10.2 Å². The topological polar surface area (TPSA) is 112 Å². The Hall–Kier alpha value is -3.74. The minimum absolute atomic E-state index is 0.0498. The van der Waals surface area contributed by atoms with Crippen LogP contribution in [0.25, 0.3) is 16.8 Å². The highest BCUT2D eigenvalue weighted by Crippen LogP contribution is 2.37. The number of nitrogens with one attached hydrogen (secondary N) is 1. The van der Waals surface area contributed by atoms with Crippen molar-refractivity contribution < 1.29 is 27.2 Å². The van der Waals surface area contributed by atoms with Crippen LogP contribution >= 0.6 is 0 Å². The lowest BCUT2D eigenvalue weighted by Crippen LogP contribution is -2.39. The van der Waals surface area contributed by atoms with E-state index in [2.05, 4.69) is 30.6 Å². The molecule has 1 N–H and O–H groups in total. The number of rotatable bonds is 6. The summed E-state index contributed by atoms with van der Waals surface area (Å²) >= 11 is 0. The second-order valence-electron chi connectivity index (χ2n) is 9.39. The standard InChI is InChI=1S/C24H24F3N7O3/c1-13-18(8-29-37-13)15-5-6-20-32-33-21(34(20)10-15)14-3-2-4-16(7-14)30-23-28-9-19(24(25,26)27)22(31-23)36-17-11-35-12-17/h5-6,8-10,14,16-17H,2-4,7,11-12H2,1H3,(H,28,30,31)/t14-,16+/m0/s1. The lowest BCUT2D eigenvalue weighted by atomic mass is 9.85. The fourth-order valence-electron chi connectivity index (χ4n) is 4.82. The normalized spacial score (nSPS) is 20.6. The highest BCUT2D eigenvalue weighted by Gasteiger charge is 2.38. The van der Waals surface area contributed by atoms with Crippen LogP contribution in [0.5, 0.6) is 5.88 Å². The van der Waals surface area contributed by atoms with Gasteiger partial charge in [-0.1, -0.05) is 11.6 Å². The van der Waals surface area contributed by atoms with Crippen LogP contribution in [0.2, 0.25) is 0 Å². The minimum Gasteiger partial charge on any atom is -0.469 e. The molecule has 0 radical (unpaired) electrons. The Bertz CT molecular complexity index is 1420. The first-order chi connectivity index (χ1) is 17.8. The smallest absolute Gasteiger partial charge is 0.423 e. The Labute approximate surface area is 209 Å². The van der Waals surface area contributed by atoms with Gasteiger partial charge in [0.2, 0.25) is 11.8 Å². The molecule has 10 nitrogen and oxygen atoms in total. The van der Waals surface area contributed by atoms with E-state index in [9.17, 15) is 13.2 Å². The Morgan fingerprint density at radius 2 is 2.00 bits per heavy atom. The van der Waals surface area contributed by atoms with Gasteiger partial charge in [-0.2, -0.15) is 18.2 Å². The van der Waals surface area contributed by atoms with Crippen molar-refractivity contribution in [3.63, 3.8) is 0 Å². The quantitative estimate of drug-likeness (QED) is 0.399. The van der Waals surface area contributed by atoms with Crippen LogP contribution < -0.4 is 10.1 Å². The molecule has 4 aromatic rings. The van der Waals surface area contributed by atoms with Crippen LogP contribution in [0.4, 0.5) is 19.1 Å². The van der Waals surface area contributed by atoms with Crippen LogP contribution in [0.1, 0.15) is 48.7 Å².